The molecule has 4 nitrogen and oxygen atoms in total. The van der Waals surface area contributed by atoms with Crippen LogP contribution >= 0.6 is 0 Å². The molecule has 2 aromatic carbocycles. The molecule has 2 aromatic rings. The smallest absolute Gasteiger partial charge is 0.125 e. The van der Waals surface area contributed by atoms with Crippen LogP contribution in [-0.4, -0.2) is 21.3 Å². The highest BCUT2D eigenvalue weighted by Gasteiger charge is 2.08. The van der Waals surface area contributed by atoms with Gasteiger partial charge in [-0.1, -0.05) is 6.07 Å². The fourth-order valence-corrected chi connectivity index (χ4v) is 2.08. The predicted molar refractivity (Wildman–Crippen MR) is 82.5 cm³/mol. The van der Waals surface area contributed by atoms with E-state index in [1.54, 1.807) is 14.2 Å². The van der Waals surface area contributed by atoms with Crippen LogP contribution in [0.5, 0.6) is 11.5 Å². The minimum atomic E-state index is 0.706. The largest absolute Gasteiger partial charge is 0.497 e. The van der Waals surface area contributed by atoms with Gasteiger partial charge in [-0.25, -0.2) is 0 Å². The second-order valence-electron chi connectivity index (χ2n) is 4.63. The van der Waals surface area contributed by atoms with Crippen LogP contribution in [0.25, 0.3) is 0 Å². The van der Waals surface area contributed by atoms with E-state index >= 15 is 0 Å². The van der Waals surface area contributed by atoms with E-state index in [0.29, 0.717) is 5.69 Å². The molecule has 20 heavy (non-hydrogen) atoms. The number of benzene rings is 2. The van der Waals surface area contributed by atoms with E-state index in [-0.39, 0.29) is 0 Å². The molecule has 0 saturated carbocycles. The van der Waals surface area contributed by atoms with Crippen LogP contribution in [0.3, 0.4) is 0 Å². The Morgan fingerprint density at radius 1 is 1.00 bits per heavy atom. The molecule has 4 heteroatoms. The third kappa shape index (κ3) is 3.15. The molecule has 0 saturated heterocycles. The van der Waals surface area contributed by atoms with Gasteiger partial charge in [-0.05, 0) is 30.3 Å². The molecule has 0 unspecified atom stereocenters. The second-order valence-corrected chi connectivity index (χ2v) is 4.63. The van der Waals surface area contributed by atoms with E-state index in [1.165, 1.54) is 0 Å². The van der Waals surface area contributed by atoms with Crippen molar-refractivity contribution in [2.45, 2.75) is 6.54 Å². The standard InChI is InChI=1S/C16H20N2O2/c1-18(14-6-8-15(19-2)9-7-14)11-12-4-5-13(17)10-16(12)20-3/h4-10H,11,17H2,1-3H3. The van der Waals surface area contributed by atoms with Gasteiger partial charge in [-0.15, -0.1) is 0 Å². The summed E-state index contributed by atoms with van der Waals surface area (Å²) in [6.45, 7) is 0.746. The molecule has 0 radical (unpaired) electrons. The first-order valence-electron chi connectivity index (χ1n) is 6.41. The van der Waals surface area contributed by atoms with Gasteiger partial charge in [-0.3, -0.25) is 0 Å². The number of methoxy groups -OCH3 is 2. The molecule has 0 atom stereocenters. The maximum atomic E-state index is 5.77. The Bertz CT molecular complexity index is 567. The highest BCUT2D eigenvalue weighted by molar-refractivity contribution is 5.52. The maximum Gasteiger partial charge on any atom is 0.125 e. The third-order valence-electron chi connectivity index (χ3n) is 3.23. The van der Waals surface area contributed by atoms with Crippen molar-refractivity contribution in [1.29, 1.82) is 0 Å². The average molecular weight is 272 g/mol. The lowest BCUT2D eigenvalue weighted by atomic mass is 10.1. The van der Waals surface area contributed by atoms with Gasteiger partial charge in [0.1, 0.15) is 11.5 Å². The molecule has 0 amide bonds. The van der Waals surface area contributed by atoms with E-state index in [0.717, 1.165) is 29.3 Å². The molecule has 2 rings (SSSR count). The zero-order valence-electron chi connectivity index (χ0n) is 12.1. The van der Waals surface area contributed by atoms with Gasteiger partial charge >= 0.3 is 0 Å². The molecule has 0 aromatic heterocycles. The number of nitrogens with two attached hydrogens (primary N) is 1. The van der Waals surface area contributed by atoms with Gasteiger partial charge in [-0.2, -0.15) is 0 Å². The van der Waals surface area contributed by atoms with Crippen LogP contribution in [0, 0.1) is 0 Å². The maximum absolute atomic E-state index is 5.77. The van der Waals surface area contributed by atoms with Crippen molar-refractivity contribution in [3.8, 4) is 11.5 Å². The SMILES string of the molecule is COc1ccc(N(C)Cc2ccc(N)cc2OC)cc1. The lowest BCUT2D eigenvalue weighted by Gasteiger charge is -2.21. The summed E-state index contributed by atoms with van der Waals surface area (Å²) in [7, 11) is 5.36. The van der Waals surface area contributed by atoms with Gasteiger partial charge in [0.25, 0.3) is 0 Å². The normalized spacial score (nSPS) is 10.2. The fourth-order valence-electron chi connectivity index (χ4n) is 2.08. The van der Waals surface area contributed by atoms with Crippen molar-refractivity contribution in [3.05, 3.63) is 48.0 Å². The molecule has 0 bridgehead atoms. The van der Waals surface area contributed by atoms with E-state index in [4.69, 9.17) is 15.2 Å². The lowest BCUT2D eigenvalue weighted by molar-refractivity contribution is 0.409. The Labute approximate surface area is 119 Å². The number of ether oxygens (including phenoxy) is 2. The van der Waals surface area contributed by atoms with Gasteiger partial charge in [0.2, 0.25) is 0 Å². The first-order valence-corrected chi connectivity index (χ1v) is 6.41. The minimum absolute atomic E-state index is 0.706. The Morgan fingerprint density at radius 2 is 1.70 bits per heavy atom. The molecule has 2 N–H and O–H groups in total. The summed E-state index contributed by atoms with van der Waals surface area (Å²) in [4.78, 5) is 2.15. The topological polar surface area (TPSA) is 47.7 Å². The quantitative estimate of drug-likeness (QED) is 0.850. The molecule has 106 valence electrons. The molecule has 0 spiro atoms. The number of nitrogens with zero attached hydrogens (tertiary/aromatic N) is 1. The van der Waals surface area contributed by atoms with Crippen LogP contribution in [0.1, 0.15) is 5.56 Å². The van der Waals surface area contributed by atoms with E-state index in [2.05, 4.69) is 4.90 Å². The Kier molecular flexibility index (Phi) is 4.35. The summed E-state index contributed by atoms with van der Waals surface area (Å²) in [5.41, 5.74) is 8.69. The lowest BCUT2D eigenvalue weighted by Crippen LogP contribution is -2.16. The summed E-state index contributed by atoms with van der Waals surface area (Å²) in [5, 5.41) is 0. The first kappa shape index (κ1) is 14.1. The zero-order chi connectivity index (χ0) is 14.5. The van der Waals surface area contributed by atoms with Gasteiger partial charge in [0.05, 0.1) is 14.2 Å². The Balaban J connectivity index is 2.16. The number of hydrogen-bond acceptors (Lipinski definition) is 4. The van der Waals surface area contributed by atoms with Gasteiger partial charge in [0.15, 0.2) is 0 Å². The van der Waals surface area contributed by atoms with Crippen LogP contribution < -0.4 is 20.1 Å². The number of rotatable bonds is 5. The summed E-state index contributed by atoms with van der Waals surface area (Å²) >= 11 is 0. The van der Waals surface area contributed by atoms with Crippen molar-refractivity contribution in [2.75, 3.05) is 31.9 Å². The molecular weight excluding hydrogens is 252 g/mol. The Hall–Kier alpha value is -2.36. The predicted octanol–water partition coefficient (Wildman–Crippen LogP) is 2.92. The molecule has 0 fully saturated rings. The summed E-state index contributed by atoms with van der Waals surface area (Å²) in [6.07, 6.45) is 0. The number of hydrogen-bond donors (Lipinski definition) is 1. The molecule has 0 aliphatic rings. The van der Waals surface area contributed by atoms with E-state index < -0.39 is 0 Å². The van der Waals surface area contributed by atoms with E-state index in [1.807, 2.05) is 49.5 Å². The van der Waals surface area contributed by atoms with Crippen molar-refractivity contribution in [1.82, 2.24) is 0 Å². The molecule has 0 aliphatic heterocycles. The summed E-state index contributed by atoms with van der Waals surface area (Å²) in [5.74, 6) is 1.66. The van der Waals surface area contributed by atoms with Crippen molar-refractivity contribution in [2.24, 2.45) is 0 Å². The van der Waals surface area contributed by atoms with Crippen molar-refractivity contribution < 1.29 is 9.47 Å². The summed E-state index contributed by atoms with van der Waals surface area (Å²) in [6, 6.07) is 13.7. The molecule has 0 heterocycles. The van der Waals surface area contributed by atoms with Crippen molar-refractivity contribution in [3.63, 3.8) is 0 Å². The fraction of sp³-hybridized carbons (Fsp3) is 0.250. The van der Waals surface area contributed by atoms with Gasteiger partial charge < -0.3 is 20.1 Å². The monoisotopic (exact) mass is 272 g/mol. The van der Waals surface area contributed by atoms with Gasteiger partial charge in [0, 0.05) is 36.6 Å². The molecular formula is C16H20N2O2. The Morgan fingerprint density at radius 3 is 2.30 bits per heavy atom. The second kappa shape index (κ2) is 6.19. The number of anilines is 2. The van der Waals surface area contributed by atoms with E-state index in [9.17, 15) is 0 Å². The van der Waals surface area contributed by atoms with Crippen LogP contribution in [0.4, 0.5) is 11.4 Å². The van der Waals surface area contributed by atoms with Crippen LogP contribution in [0.2, 0.25) is 0 Å². The molecule has 0 aliphatic carbocycles. The minimum Gasteiger partial charge on any atom is -0.497 e. The average Bonchev–Trinajstić information content (AvgIpc) is 2.49. The zero-order valence-corrected chi connectivity index (χ0v) is 12.1. The van der Waals surface area contributed by atoms with Crippen LogP contribution in [0.15, 0.2) is 42.5 Å². The number of nitrogen functional groups attached to an aromatic ring is 1. The highest BCUT2D eigenvalue weighted by Crippen LogP contribution is 2.25. The van der Waals surface area contributed by atoms with Crippen molar-refractivity contribution >= 4 is 11.4 Å². The summed E-state index contributed by atoms with van der Waals surface area (Å²) < 4.78 is 10.5. The highest BCUT2D eigenvalue weighted by atomic mass is 16.5. The van der Waals surface area contributed by atoms with Crippen LogP contribution in [-0.2, 0) is 6.54 Å². The first-order chi connectivity index (χ1) is 9.63. The third-order valence-corrected chi connectivity index (χ3v) is 3.23.